The standard InChI is InChI=1S/C59H58N2/c1-5-13-43(14-6-1)45-21-23-46(24-22-45)48-27-33-54(34-28-48)61(53-31-25-47(26-32-53)44-15-7-2-8-16-44)56-36-30-50-38-40-59(58(50)42-56)39-37-49-29-35-55(41-57(49)59)60(51-17-9-3-10-18-51)52-19-11-4-12-20-52/h3-4,9-12,17-36,41-44H,1-2,5-8,13-16,37-40H2/t59-/m1/s1. The Hall–Kier alpha value is -5.86. The molecule has 2 heteroatoms. The summed E-state index contributed by atoms with van der Waals surface area (Å²) in [5.74, 6) is 1.42. The van der Waals surface area contributed by atoms with E-state index in [0.717, 1.165) is 31.6 Å². The van der Waals surface area contributed by atoms with E-state index < -0.39 is 0 Å². The minimum Gasteiger partial charge on any atom is -0.310 e. The van der Waals surface area contributed by atoms with E-state index in [9.17, 15) is 0 Å². The molecule has 4 aliphatic rings. The Bertz CT molecular complexity index is 2540. The van der Waals surface area contributed by atoms with Crippen molar-refractivity contribution in [2.45, 2.75) is 107 Å². The summed E-state index contributed by atoms with van der Waals surface area (Å²) in [6, 6.07) is 64.9. The summed E-state index contributed by atoms with van der Waals surface area (Å²) in [5, 5.41) is 0. The average Bonchev–Trinajstić information content (AvgIpc) is 3.91. The van der Waals surface area contributed by atoms with Gasteiger partial charge in [-0.1, -0.05) is 136 Å². The van der Waals surface area contributed by atoms with Crippen LogP contribution in [0.25, 0.3) is 11.1 Å². The highest BCUT2D eigenvalue weighted by Crippen LogP contribution is 2.55. The third-order valence-corrected chi connectivity index (χ3v) is 15.1. The molecule has 2 saturated carbocycles. The van der Waals surface area contributed by atoms with Gasteiger partial charge < -0.3 is 9.80 Å². The Balaban J connectivity index is 0.965. The van der Waals surface area contributed by atoms with E-state index in [2.05, 4.69) is 180 Å². The predicted molar refractivity (Wildman–Crippen MR) is 257 cm³/mol. The monoisotopic (exact) mass is 794 g/mol. The van der Waals surface area contributed by atoms with E-state index in [1.807, 2.05) is 0 Å². The summed E-state index contributed by atoms with van der Waals surface area (Å²) in [6.07, 6.45) is 18.1. The van der Waals surface area contributed by atoms with Crippen molar-refractivity contribution in [1.82, 2.24) is 0 Å². The number of benzene rings is 7. The van der Waals surface area contributed by atoms with Gasteiger partial charge in [0, 0.05) is 39.5 Å². The molecule has 2 nitrogen and oxygen atoms in total. The predicted octanol–water partition coefficient (Wildman–Crippen LogP) is 16.6. The largest absolute Gasteiger partial charge is 0.310 e. The molecular formula is C59H58N2. The maximum atomic E-state index is 2.57. The van der Waals surface area contributed by atoms with Crippen molar-refractivity contribution in [3.8, 4) is 11.1 Å². The quantitative estimate of drug-likeness (QED) is 0.144. The molecule has 0 bridgehead atoms. The van der Waals surface area contributed by atoms with Crippen LogP contribution in [0.3, 0.4) is 0 Å². The second-order valence-electron chi connectivity index (χ2n) is 18.5. The average molecular weight is 795 g/mol. The Morgan fingerprint density at radius 3 is 1.15 bits per heavy atom. The molecule has 0 amide bonds. The molecule has 4 aliphatic carbocycles. The van der Waals surface area contributed by atoms with Gasteiger partial charge in [-0.05, 0) is 181 Å². The highest BCUT2D eigenvalue weighted by Gasteiger charge is 2.45. The number of nitrogens with zero attached hydrogens (tertiary/aromatic N) is 2. The van der Waals surface area contributed by atoms with Crippen molar-refractivity contribution in [1.29, 1.82) is 0 Å². The Morgan fingerprint density at radius 2 is 0.705 bits per heavy atom. The van der Waals surface area contributed by atoms with Crippen molar-refractivity contribution < 1.29 is 0 Å². The first-order valence-electron chi connectivity index (χ1n) is 23.5. The Labute approximate surface area is 363 Å². The molecule has 1 spiro atoms. The zero-order valence-corrected chi connectivity index (χ0v) is 35.6. The SMILES string of the molecule is c1ccc(N(c2ccccc2)c2ccc3c(c2)[C@@]2(CC3)CCc3ccc(N(c4ccc(-c5ccc(C6CCCCC6)cc5)cc4)c4ccc(C5CCCCC5)cc4)cc32)cc1. The lowest BCUT2D eigenvalue weighted by molar-refractivity contribution is 0.443. The molecule has 11 rings (SSSR count). The fourth-order valence-corrected chi connectivity index (χ4v) is 11.8. The number of rotatable bonds is 9. The van der Waals surface area contributed by atoms with Crippen LogP contribution in [-0.4, -0.2) is 0 Å². The Morgan fingerprint density at radius 1 is 0.344 bits per heavy atom. The summed E-state index contributed by atoms with van der Waals surface area (Å²) < 4.78 is 0. The van der Waals surface area contributed by atoms with E-state index in [0.29, 0.717) is 5.92 Å². The molecule has 2 fully saturated rings. The molecule has 0 radical (unpaired) electrons. The van der Waals surface area contributed by atoms with Crippen molar-refractivity contribution >= 4 is 34.1 Å². The van der Waals surface area contributed by atoms with Crippen LogP contribution in [-0.2, 0) is 18.3 Å². The molecule has 7 aromatic rings. The van der Waals surface area contributed by atoms with Gasteiger partial charge in [-0.25, -0.2) is 0 Å². The van der Waals surface area contributed by atoms with Crippen molar-refractivity contribution in [2.24, 2.45) is 0 Å². The molecule has 0 unspecified atom stereocenters. The first-order valence-corrected chi connectivity index (χ1v) is 23.5. The van der Waals surface area contributed by atoms with Crippen molar-refractivity contribution in [3.63, 3.8) is 0 Å². The molecule has 0 aromatic heterocycles. The lowest BCUT2D eigenvalue weighted by atomic mass is 9.76. The minimum absolute atomic E-state index is 0.000111. The number of hydrogen-bond donors (Lipinski definition) is 0. The van der Waals surface area contributed by atoms with Crippen molar-refractivity contribution in [3.05, 3.63) is 203 Å². The molecule has 0 saturated heterocycles. The number of fused-ring (bicyclic) bond motifs is 4. The molecule has 0 N–H and O–H groups in total. The normalized spacial score (nSPS) is 18.8. The van der Waals surface area contributed by atoms with E-state index in [1.165, 1.54) is 143 Å². The van der Waals surface area contributed by atoms with Gasteiger partial charge in [0.05, 0.1) is 0 Å². The highest BCUT2D eigenvalue weighted by atomic mass is 15.1. The van der Waals surface area contributed by atoms with Crippen LogP contribution in [0.2, 0.25) is 0 Å². The summed E-state index contributed by atoms with van der Waals surface area (Å²) in [5.41, 5.74) is 18.9. The number of para-hydroxylation sites is 2. The van der Waals surface area contributed by atoms with Crippen LogP contribution < -0.4 is 9.80 Å². The number of anilines is 6. The molecule has 0 heterocycles. The summed E-state index contributed by atoms with van der Waals surface area (Å²) in [7, 11) is 0. The smallest absolute Gasteiger partial charge is 0.0464 e. The van der Waals surface area contributed by atoms with Gasteiger partial charge in [0.25, 0.3) is 0 Å². The Kier molecular flexibility index (Phi) is 10.3. The van der Waals surface area contributed by atoms with Gasteiger partial charge in [-0.2, -0.15) is 0 Å². The highest BCUT2D eigenvalue weighted by molar-refractivity contribution is 5.81. The van der Waals surface area contributed by atoms with Crippen LogP contribution in [0.5, 0.6) is 0 Å². The lowest BCUT2D eigenvalue weighted by Crippen LogP contribution is -2.22. The maximum Gasteiger partial charge on any atom is 0.0464 e. The van der Waals surface area contributed by atoms with Gasteiger partial charge >= 0.3 is 0 Å². The van der Waals surface area contributed by atoms with Crippen LogP contribution in [0.4, 0.5) is 34.1 Å². The minimum atomic E-state index is -0.000111. The fraction of sp³-hybridized carbons (Fsp3) is 0.288. The van der Waals surface area contributed by atoms with E-state index >= 15 is 0 Å². The van der Waals surface area contributed by atoms with Crippen LogP contribution >= 0.6 is 0 Å². The van der Waals surface area contributed by atoms with Gasteiger partial charge in [0.1, 0.15) is 0 Å². The number of aryl methyl sites for hydroxylation is 2. The van der Waals surface area contributed by atoms with Gasteiger partial charge in [0.15, 0.2) is 0 Å². The fourth-order valence-electron chi connectivity index (χ4n) is 11.8. The maximum absolute atomic E-state index is 2.57. The van der Waals surface area contributed by atoms with Crippen LogP contribution in [0.1, 0.15) is 122 Å². The number of hydrogen-bond acceptors (Lipinski definition) is 2. The van der Waals surface area contributed by atoms with Crippen LogP contribution in [0.15, 0.2) is 170 Å². The molecular weight excluding hydrogens is 737 g/mol. The third kappa shape index (κ3) is 7.28. The first kappa shape index (κ1) is 38.1. The van der Waals surface area contributed by atoms with Gasteiger partial charge in [-0.3, -0.25) is 0 Å². The zero-order chi connectivity index (χ0) is 40.6. The lowest BCUT2D eigenvalue weighted by Gasteiger charge is -2.32. The second-order valence-corrected chi connectivity index (χ2v) is 18.5. The summed E-state index contributed by atoms with van der Waals surface area (Å²) in [4.78, 5) is 4.94. The third-order valence-electron chi connectivity index (χ3n) is 15.1. The van der Waals surface area contributed by atoms with Gasteiger partial charge in [-0.15, -0.1) is 0 Å². The van der Waals surface area contributed by atoms with Crippen LogP contribution in [0, 0.1) is 0 Å². The van der Waals surface area contributed by atoms with E-state index in [1.54, 1.807) is 0 Å². The zero-order valence-electron chi connectivity index (χ0n) is 35.6. The molecule has 0 aliphatic heterocycles. The summed E-state index contributed by atoms with van der Waals surface area (Å²) >= 11 is 0. The summed E-state index contributed by atoms with van der Waals surface area (Å²) in [6.45, 7) is 0. The molecule has 304 valence electrons. The van der Waals surface area contributed by atoms with E-state index in [4.69, 9.17) is 0 Å². The molecule has 7 aromatic carbocycles. The second kappa shape index (κ2) is 16.5. The van der Waals surface area contributed by atoms with Gasteiger partial charge in [0.2, 0.25) is 0 Å². The molecule has 1 atom stereocenters. The first-order chi connectivity index (χ1) is 30.2. The van der Waals surface area contributed by atoms with E-state index in [-0.39, 0.29) is 5.41 Å². The molecule has 61 heavy (non-hydrogen) atoms. The topological polar surface area (TPSA) is 6.48 Å². The van der Waals surface area contributed by atoms with Crippen molar-refractivity contribution in [2.75, 3.05) is 9.80 Å².